The van der Waals surface area contributed by atoms with Crippen LogP contribution in [0.1, 0.15) is 29.5 Å². The monoisotopic (exact) mass is 420 g/mol. The Hall–Kier alpha value is -3.06. The lowest BCUT2D eigenvalue weighted by molar-refractivity contribution is -0.143. The summed E-state index contributed by atoms with van der Waals surface area (Å²) in [6, 6.07) is 11.2. The number of nitrogens with zero attached hydrogens (tertiary/aromatic N) is 4. The van der Waals surface area contributed by atoms with Crippen LogP contribution in [0, 0.1) is 6.92 Å². The Kier molecular flexibility index (Phi) is 5.87. The van der Waals surface area contributed by atoms with E-state index in [-0.39, 0.29) is 37.1 Å². The van der Waals surface area contributed by atoms with Crippen LogP contribution in [0.15, 0.2) is 48.8 Å². The molecule has 3 heterocycles. The zero-order valence-electron chi connectivity index (χ0n) is 18.1. The molecular formula is C24H28N4O3. The van der Waals surface area contributed by atoms with Crippen LogP contribution in [0.2, 0.25) is 0 Å². The minimum absolute atomic E-state index is 0.0129. The Morgan fingerprint density at radius 1 is 1.03 bits per heavy atom. The molecule has 0 radical (unpaired) electrons. The van der Waals surface area contributed by atoms with Crippen LogP contribution in [-0.4, -0.2) is 70.6 Å². The molecule has 1 aromatic carbocycles. The Balaban J connectivity index is 1.67. The molecule has 162 valence electrons. The first-order valence-corrected chi connectivity index (χ1v) is 10.7. The summed E-state index contributed by atoms with van der Waals surface area (Å²) in [6.07, 6.45) is 3.32. The van der Waals surface area contributed by atoms with Crippen molar-refractivity contribution < 1.29 is 14.4 Å². The van der Waals surface area contributed by atoms with Crippen LogP contribution in [0.3, 0.4) is 0 Å². The Morgan fingerprint density at radius 3 is 2.39 bits per heavy atom. The average molecular weight is 421 g/mol. The first kappa shape index (κ1) is 21.2. The molecule has 1 atom stereocenters. The van der Waals surface area contributed by atoms with Gasteiger partial charge in [-0.05, 0) is 42.8 Å². The van der Waals surface area contributed by atoms with Crippen LogP contribution >= 0.6 is 0 Å². The average Bonchev–Trinajstić information content (AvgIpc) is 3.00. The van der Waals surface area contributed by atoms with Crippen molar-refractivity contribution in [3.05, 3.63) is 65.5 Å². The van der Waals surface area contributed by atoms with E-state index in [4.69, 9.17) is 0 Å². The summed E-state index contributed by atoms with van der Waals surface area (Å²) >= 11 is 0. The van der Waals surface area contributed by atoms with Crippen LogP contribution in [0.25, 0.3) is 0 Å². The van der Waals surface area contributed by atoms with Gasteiger partial charge in [-0.3, -0.25) is 24.3 Å². The van der Waals surface area contributed by atoms with Crippen LogP contribution < -0.4 is 0 Å². The van der Waals surface area contributed by atoms with E-state index in [2.05, 4.69) is 9.88 Å². The van der Waals surface area contributed by atoms with Gasteiger partial charge in [-0.15, -0.1) is 0 Å². The lowest BCUT2D eigenvalue weighted by Gasteiger charge is -2.35. The minimum Gasteiger partial charge on any atom is -0.340 e. The van der Waals surface area contributed by atoms with E-state index in [1.165, 1.54) is 4.90 Å². The zero-order chi connectivity index (χ0) is 22.0. The van der Waals surface area contributed by atoms with Gasteiger partial charge < -0.3 is 9.80 Å². The summed E-state index contributed by atoms with van der Waals surface area (Å²) in [5.74, 6) is -0.592. The Labute approximate surface area is 182 Å². The second-order valence-electron chi connectivity index (χ2n) is 8.58. The quantitative estimate of drug-likeness (QED) is 0.689. The van der Waals surface area contributed by atoms with Crippen molar-refractivity contribution in [2.75, 3.05) is 33.2 Å². The van der Waals surface area contributed by atoms with Crippen molar-refractivity contribution >= 4 is 17.7 Å². The number of rotatable bonds is 5. The van der Waals surface area contributed by atoms with Crippen molar-refractivity contribution in [3.63, 3.8) is 0 Å². The summed E-state index contributed by atoms with van der Waals surface area (Å²) in [6.45, 7) is 5.02. The van der Waals surface area contributed by atoms with E-state index in [1.54, 1.807) is 24.5 Å². The number of carbonyl (C=O) groups is 3. The maximum Gasteiger partial charge on any atom is 0.241 e. The third-order valence-electron chi connectivity index (χ3n) is 6.47. The highest BCUT2D eigenvalue weighted by atomic mass is 16.2. The number of likely N-dealkylation sites (tertiary alicyclic amines) is 1. The van der Waals surface area contributed by atoms with Crippen molar-refractivity contribution in [2.24, 2.45) is 0 Å². The molecule has 7 heteroatoms. The molecule has 3 amide bonds. The number of aryl methyl sites for hydroxylation is 1. The van der Waals surface area contributed by atoms with Gasteiger partial charge in [0.15, 0.2) is 0 Å². The van der Waals surface area contributed by atoms with E-state index in [9.17, 15) is 14.4 Å². The second-order valence-corrected chi connectivity index (χ2v) is 8.58. The summed E-state index contributed by atoms with van der Waals surface area (Å²) in [5, 5.41) is 0. The van der Waals surface area contributed by atoms with Crippen LogP contribution in [-0.2, 0) is 26.3 Å². The minimum atomic E-state index is -1.16. The molecule has 7 nitrogen and oxygen atoms in total. The predicted octanol–water partition coefficient (Wildman–Crippen LogP) is 1.75. The van der Waals surface area contributed by atoms with Gasteiger partial charge in [-0.1, -0.05) is 24.3 Å². The SMILES string of the molecule is Cc1ccccc1C1(CC(=O)N2CCN(C)CC2)CC(=O)N(Cc2ccncc2)C1=O. The fourth-order valence-corrected chi connectivity index (χ4v) is 4.61. The molecule has 2 saturated heterocycles. The molecule has 2 fully saturated rings. The summed E-state index contributed by atoms with van der Waals surface area (Å²) < 4.78 is 0. The summed E-state index contributed by atoms with van der Waals surface area (Å²) in [4.78, 5) is 49.4. The highest BCUT2D eigenvalue weighted by molar-refractivity contribution is 6.10. The number of imide groups is 1. The van der Waals surface area contributed by atoms with E-state index in [0.29, 0.717) is 13.1 Å². The number of likely N-dealkylation sites (N-methyl/N-ethyl adjacent to an activating group) is 1. The van der Waals surface area contributed by atoms with Crippen LogP contribution in [0.4, 0.5) is 0 Å². The molecule has 0 aliphatic carbocycles. The van der Waals surface area contributed by atoms with Crippen molar-refractivity contribution in [3.8, 4) is 0 Å². The molecule has 1 aromatic heterocycles. The molecule has 1 unspecified atom stereocenters. The van der Waals surface area contributed by atoms with Gasteiger partial charge in [0.2, 0.25) is 17.7 Å². The predicted molar refractivity (Wildman–Crippen MR) is 116 cm³/mol. The third-order valence-corrected chi connectivity index (χ3v) is 6.47. The molecular weight excluding hydrogens is 392 g/mol. The standard InChI is InChI=1S/C24H28N4O3/c1-18-5-3-4-6-20(18)24(15-21(29)27-13-11-26(2)12-14-27)16-22(30)28(23(24)31)17-19-7-9-25-10-8-19/h3-10H,11-17H2,1-2H3. The highest BCUT2D eigenvalue weighted by Crippen LogP contribution is 2.42. The molecule has 0 bridgehead atoms. The number of piperazine rings is 1. The fraction of sp³-hybridized carbons (Fsp3) is 0.417. The molecule has 2 aliphatic rings. The number of pyridine rings is 1. The Morgan fingerprint density at radius 2 is 1.71 bits per heavy atom. The van der Waals surface area contributed by atoms with E-state index in [0.717, 1.165) is 29.8 Å². The summed E-state index contributed by atoms with van der Waals surface area (Å²) in [7, 11) is 2.03. The fourth-order valence-electron chi connectivity index (χ4n) is 4.61. The van der Waals surface area contributed by atoms with Crippen LogP contribution in [0.5, 0.6) is 0 Å². The lowest BCUT2D eigenvalue weighted by atomic mass is 9.74. The highest BCUT2D eigenvalue weighted by Gasteiger charge is 2.54. The molecule has 2 aliphatic heterocycles. The maximum absolute atomic E-state index is 13.8. The number of benzene rings is 1. The van der Waals surface area contributed by atoms with Gasteiger partial charge in [0.05, 0.1) is 12.0 Å². The molecule has 4 rings (SSSR count). The molecule has 0 N–H and O–H groups in total. The first-order chi connectivity index (χ1) is 14.9. The van der Waals surface area contributed by atoms with Gasteiger partial charge in [0, 0.05) is 51.4 Å². The van der Waals surface area contributed by atoms with Gasteiger partial charge in [0.1, 0.15) is 0 Å². The van der Waals surface area contributed by atoms with Gasteiger partial charge in [-0.25, -0.2) is 0 Å². The molecule has 0 saturated carbocycles. The smallest absolute Gasteiger partial charge is 0.241 e. The molecule has 2 aromatic rings. The molecule has 0 spiro atoms. The lowest BCUT2D eigenvalue weighted by Crippen LogP contribution is -2.50. The summed E-state index contributed by atoms with van der Waals surface area (Å²) in [5.41, 5.74) is 1.37. The van der Waals surface area contributed by atoms with E-state index in [1.807, 2.05) is 43.1 Å². The number of hydrogen-bond acceptors (Lipinski definition) is 5. The normalized spacial score (nSPS) is 22.3. The number of carbonyl (C=O) groups excluding carboxylic acids is 3. The number of aromatic nitrogens is 1. The zero-order valence-corrected chi connectivity index (χ0v) is 18.1. The van der Waals surface area contributed by atoms with Gasteiger partial charge >= 0.3 is 0 Å². The Bertz CT molecular complexity index is 985. The first-order valence-electron chi connectivity index (χ1n) is 10.7. The number of amides is 3. The third kappa shape index (κ3) is 4.10. The van der Waals surface area contributed by atoms with Gasteiger partial charge in [0.25, 0.3) is 0 Å². The molecule has 31 heavy (non-hydrogen) atoms. The topological polar surface area (TPSA) is 73.8 Å². The largest absolute Gasteiger partial charge is 0.340 e. The number of hydrogen-bond donors (Lipinski definition) is 0. The second kappa shape index (κ2) is 8.59. The van der Waals surface area contributed by atoms with Crippen molar-refractivity contribution in [2.45, 2.75) is 31.7 Å². The van der Waals surface area contributed by atoms with Crippen molar-refractivity contribution in [1.82, 2.24) is 19.7 Å². The van der Waals surface area contributed by atoms with Gasteiger partial charge in [-0.2, -0.15) is 0 Å². The maximum atomic E-state index is 13.8. The van der Waals surface area contributed by atoms with E-state index >= 15 is 0 Å². The van der Waals surface area contributed by atoms with E-state index < -0.39 is 5.41 Å². The van der Waals surface area contributed by atoms with Crippen molar-refractivity contribution in [1.29, 1.82) is 0 Å².